The molecule has 3 rings (SSSR count). The molecule has 0 unspecified atom stereocenters. The lowest BCUT2D eigenvalue weighted by molar-refractivity contribution is 0.480. The highest BCUT2D eigenvalue weighted by atomic mass is 35.5. The highest BCUT2D eigenvalue weighted by Gasteiger charge is 2.20. The van der Waals surface area contributed by atoms with Gasteiger partial charge >= 0.3 is 0 Å². The van der Waals surface area contributed by atoms with Crippen LogP contribution in [0.15, 0.2) is 36.5 Å². The number of ether oxygens (including phenoxy) is 1. The zero-order chi connectivity index (χ0) is 13.9. The average molecular weight is 289 g/mol. The first-order valence-electron chi connectivity index (χ1n) is 6.83. The highest BCUT2D eigenvalue weighted by molar-refractivity contribution is 6.32. The van der Waals surface area contributed by atoms with Gasteiger partial charge in [-0.3, -0.25) is 4.98 Å². The SMILES string of the molecule is Cc1ccc(Oc2ccc(CNC3CC3)cc2Cl)cn1. The van der Waals surface area contributed by atoms with Crippen molar-refractivity contribution in [3.05, 3.63) is 52.8 Å². The summed E-state index contributed by atoms with van der Waals surface area (Å²) in [4.78, 5) is 4.20. The fourth-order valence-corrected chi connectivity index (χ4v) is 2.17. The van der Waals surface area contributed by atoms with Gasteiger partial charge < -0.3 is 10.1 Å². The molecule has 0 aliphatic heterocycles. The van der Waals surface area contributed by atoms with Crippen LogP contribution in [0.25, 0.3) is 0 Å². The van der Waals surface area contributed by atoms with E-state index in [-0.39, 0.29) is 0 Å². The van der Waals surface area contributed by atoms with E-state index in [4.69, 9.17) is 16.3 Å². The molecular formula is C16H17ClN2O. The minimum absolute atomic E-state index is 0.626. The first-order valence-corrected chi connectivity index (χ1v) is 7.21. The molecule has 0 radical (unpaired) electrons. The van der Waals surface area contributed by atoms with Crippen molar-refractivity contribution in [2.24, 2.45) is 0 Å². The van der Waals surface area contributed by atoms with E-state index in [0.29, 0.717) is 22.6 Å². The van der Waals surface area contributed by atoms with Gasteiger partial charge in [0.15, 0.2) is 0 Å². The van der Waals surface area contributed by atoms with Crippen LogP contribution in [-0.2, 0) is 6.54 Å². The zero-order valence-electron chi connectivity index (χ0n) is 11.4. The number of aromatic nitrogens is 1. The maximum Gasteiger partial charge on any atom is 0.146 e. The fraction of sp³-hybridized carbons (Fsp3) is 0.312. The molecule has 1 saturated carbocycles. The van der Waals surface area contributed by atoms with Crippen molar-refractivity contribution in [1.82, 2.24) is 10.3 Å². The summed E-state index contributed by atoms with van der Waals surface area (Å²) >= 11 is 6.27. The molecule has 1 aromatic heterocycles. The first-order chi connectivity index (χ1) is 9.70. The maximum absolute atomic E-state index is 6.27. The Morgan fingerprint density at radius 1 is 1.30 bits per heavy atom. The Bertz CT molecular complexity index is 594. The molecule has 0 atom stereocenters. The van der Waals surface area contributed by atoms with Crippen molar-refractivity contribution in [2.75, 3.05) is 0 Å². The summed E-state index contributed by atoms with van der Waals surface area (Å²) in [6.45, 7) is 2.80. The highest BCUT2D eigenvalue weighted by Crippen LogP contribution is 2.30. The Morgan fingerprint density at radius 3 is 2.80 bits per heavy atom. The lowest BCUT2D eigenvalue weighted by Gasteiger charge is -2.09. The molecular weight excluding hydrogens is 272 g/mol. The van der Waals surface area contributed by atoms with E-state index in [9.17, 15) is 0 Å². The standard InChI is InChI=1S/C16H17ClN2O/c1-11-2-6-14(10-18-11)20-16-7-3-12(8-15(16)17)9-19-13-4-5-13/h2-3,6-8,10,13,19H,4-5,9H2,1H3. The summed E-state index contributed by atoms with van der Waals surface area (Å²) in [5.74, 6) is 1.36. The van der Waals surface area contributed by atoms with E-state index < -0.39 is 0 Å². The molecule has 3 nitrogen and oxygen atoms in total. The third-order valence-corrected chi connectivity index (χ3v) is 3.58. The van der Waals surface area contributed by atoms with Crippen LogP contribution in [0.2, 0.25) is 5.02 Å². The molecule has 1 fully saturated rings. The van der Waals surface area contributed by atoms with Crippen LogP contribution in [0.4, 0.5) is 0 Å². The molecule has 1 N–H and O–H groups in total. The molecule has 0 spiro atoms. The minimum atomic E-state index is 0.626. The van der Waals surface area contributed by atoms with Gasteiger partial charge in [-0.25, -0.2) is 0 Å². The summed E-state index contributed by atoms with van der Waals surface area (Å²) in [6, 6.07) is 10.4. The third kappa shape index (κ3) is 3.50. The van der Waals surface area contributed by atoms with Crippen molar-refractivity contribution >= 4 is 11.6 Å². The molecule has 4 heteroatoms. The molecule has 20 heavy (non-hydrogen) atoms. The molecule has 1 aliphatic carbocycles. The van der Waals surface area contributed by atoms with Crippen LogP contribution >= 0.6 is 11.6 Å². The van der Waals surface area contributed by atoms with Crippen LogP contribution in [0.3, 0.4) is 0 Å². The molecule has 0 amide bonds. The van der Waals surface area contributed by atoms with Gasteiger partial charge in [0.1, 0.15) is 11.5 Å². The van der Waals surface area contributed by atoms with Crippen molar-refractivity contribution in [2.45, 2.75) is 32.4 Å². The Balaban J connectivity index is 1.68. The zero-order valence-corrected chi connectivity index (χ0v) is 12.2. The summed E-state index contributed by atoms with van der Waals surface area (Å²) < 4.78 is 5.74. The van der Waals surface area contributed by atoms with Crippen LogP contribution < -0.4 is 10.1 Å². The predicted molar refractivity (Wildman–Crippen MR) is 80.4 cm³/mol. The molecule has 0 bridgehead atoms. The van der Waals surface area contributed by atoms with Gasteiger partial charge in [-0.2, -0.15) is 0 Å². The number of hydrogen-bond donors (Lipinski definition) is 1. The normalized spacial score (nSPS) is 14.3. The first kappa shape index (κ1) is 13.4. The average Bonchev–Trinajstić information content (AvgIpc) is 3.26. The minimum Gasteiger partial charge on any atom is -0.454 e. The summed E-state index contributed by atoms with van der Waals surface area (Å²) in [5.41, 5.74) is 2.14. The van der Waals surface area contributed by atoms with Gasteiger partial charge in [-0.1, -0.05) is 17.7 Å². The van der Waals surface area contributed by atoms with Gasteiger partial charge in [0.05, 0.1) is 11.2 Å². The van der Waals surface area contributed by atoms with E-state index in [1.54, 1.807) is 6.20 Å². The quantitative estimate of drug-likeness (QED) is 0.900. The second-order valence-electron chi connectivity index (χ2n) is 5.16. The lowest BCUT2D eigenvalue weighted by atomic mass is 10.2. The van der Waals surface area contributed by atoms with Crippen molar-refractivity contribution < 1.29 is 4.74 Å². The largest absolute Gasteiger partial charge is 0.454 e. The number of aryl methyl sites for hydroxylation is 1. The van der Waals surface area contributed by atoms with Crippen LogP contribution in [0, 0.1) is 6.92 Å². The number of pyridine rings is 1. The Morgan fingerprint density at radius 2 is 2.15 bits per heavy atom. The Kier molecular flexibility index (Phi) is 3.90. The number of benzene rings is 1. The number of halogens is 1. The molecule has 2 aromatic rings. The number of nitrogens with zero attached hydrogens (tertiary/aromatic N) is 1. The van der Waals surface area contributed by atoms with Crippen molar-refractivity contribution in [3.63, 3.8) is 0 Å². The lowest BCUT2D eigenvalue weighted by Crippen LogP contribution is -2.15. The van der Waals surface area contributed by atoms with Crippen molar-refractivity contribution in [3.8, 4) is 11.5 Å². The monoisotopic (exact) mass is 288 g/mol. The van der Waals surface area contributed by atoms with Gasteiger partial charge in [0.2, 0.25) is 0 Å². The second-order valence-corrected chi connectivity index (χ2v) is 5.56. The molecule has 1 aliphatic rings. The molecule has 104 valence electrons. The summed E-state index contributed by atoms with van der Waals surface area (Å²) in [6.07, 6.45) is 4.28. The van der Waals surface area contributed by atoms with Crippen LogP contribution in [0.1, 0.15) is 24.1 Å². The second kappa shape index (κ2) is 5.81. The van der Waals surface area contributed by atoms with E-state index >= 15 is 0 Å². The summed E-state index contributed by atoms with van der Waals surface area (Å²) in [5, 5.41) is 4.09. The van der Waals surface area contributed by atoms with Gasteiger partial charge in [-0.15, -0.1) is 0 Å². The smallest absolute Gasteiger partial charge is 0.146 e. The molecule has 0 saturated heterocycles. The maximum atomic E-state index is 6.27. The Labute approximate surface area is 123 Å². The number of nitrogens with one attached hydrogen (secondary N) is 1. The van der Waals surface area contributed by atoms with E-state index in [0.717, 1.165) is 12.2 Å². The van der Waals surface area contributed by atoms with Gasteiger partial charge in [-0.05, 0) is 49.6 Å². The summed E-state index contributed by atoms with van der Waals surface area (Å²) in [7, 11) is 0. The van der Waals surface area contributed by atoms with Crippen LogP contribution in [0.5, 0.6) is 11.5 Å². The Hall–Kier alpha value is -1.58. The number of hydrogen-bond acceptors (Lipinski definition) is 3. The molecule has 1 heterocycles. The third-order valence-electron chi connectivity index (χ3n) is 3.28. The van der Waals surface area contributed by atoms with E-state index in [1.165, 1.54) is 18.4 Å². The van der Waals surface area contributed by atoms with E-state index in [2.05, 4.69) is 10.3 Å². The number of rotatable bonds is 5. The van der Waals surface area contributed by atoms with E-state index in [1.807, 2.05) is 37.3 Å². The topological polar surface area (TPSA) is 34.1 Å². The van der Waals surface area contributed by atoms with Gasteiger partial charge in [0, 0.05) is 18.3 Å². The van der Waals surface area contributed by atoms with Gasteiger partial charge in [0.25, 0.3) is 0 Å². The van der Waals surface area contributed by atoms with Crippen LogP contribution in [-0.4, -0.2) is 11.0 Å². The fourth-order valence-electron chi connectivity index (χ4n) is 1.93. The molecule has 1 aromatic carbocycles. The predicted octanol–water partition coefficient (Wildman–Crippen LogP) is 4.09. The van der Waals surface area contributed by atoms with Crippen molar-refractivity contribution in [1.29, 1.82) is 0 Å².